The van der Waals surface area contributed by atoms with Gasteiger partial charge in [0.2, 0.25) is 0 Å². The number of ether oxygens (including phenoxy) is 1. The molecule has 1 atom stereocenters. The molecule has 0 saturated carbocycles. The van der Waals surface area contributed by atoms with Crippen LogP contribution in [0.1, 0.15) is 31.7 Å². The van der Waals surface area contributed by atoms with Gasteiger partial charge in [-0.1, -0.05) is 37.3 Å². The summed E-state index contributed by atoms with van der Waals surface area (Å²) in [5, 5.41) is 2.31. The van der Waals surface area contributed by atoms with Crippen LogP contribution < -0.4 is 4.90 Å². The number of benzene rings is 2. The Labute approximate surface area is 142 Å². The third kappa shape index (κ3) is 2.92. The van der Waals surface area contributed by atoms with Crippen LogP contribution >= 0.6 is 0 Å². The van der Waals surface area contributed by atoms with E-state index < -0.39 is 0 Å². The molecule has 1 aliphatic heterocycles. The van der Waals surface area contributed by atoms with Gasteiger partial charge in [-0.05, 0) is 35.4 Å². The van der Waals surface area contributed by atoms with E-state index in [1.165, 1.54) is 12.7 Å². The number of carbonyl (C=O) groups is 1. The molecule has 2 aromatic carbocycles. The zero-order valence-corrected chi connectivity index (χ0v) is 14.3. The summed E-state index contributed by atoms with van der Waals surface area (Å²) in [7, 11) is 1.41. The van der Waals surface area contributed by atoms with Gasteiger partial charge in [-0.15, -0.1) is 0 Å². The van der Waals surface area contributed by atoms with E-state index in [2.05, 4.69) is 48.3 Å². The molecule has 1 aliphatic rings. The van der Waals surface area contributed by atoms with Gasteiger partial charge in [-0.2, -0.15) is 0 Å². The fraction of sp³-hybridized carbons (Fsp3) is 0.300. The van der Waals surface area contributed by atoms with Gasteiger partial charge in [0, 0.05) is 36.5 Å². The molecule has 4 nitrogen and oxygen atoms in total. The lowest BCUT2D eigenvalue weighted by atomic mass is 9.92. The Morgan fingerprint density at radius 2 is 2.17 bits per heavy atom. The van der Waals surface area contributed by atoms with Gasteiger partial charge in [0.25, 0.3) is 0 Å². The number of hydrogen-bond donors (Lipinski definition) is 0. The predicted molar refractivity (Wildman–Crippen MR) is 99.0 cm³/mol. The number of methoxy groups -OCH3 is 1. The minimum Gasteiger partial charge on any atom is -0.452 e. The first kappa shape index (κ1) is 16.2. The third-order valence-electron chi connectivity index (χ3n) is 4.51. The lowest BCUT2D eigenvalue weighted by Gasteiger charge is -2.21. The largest absolute Gasteiger partial charge is 0.452 e. The fourth-order valence-corrected chi connectivity index (χ4v) is 3.19. The average molecular weight is 322 g/mol. The van der Waals surface area contributed by atoms with Gasteiger partial charge in [-0.3, -0.25) is 9.89 Å². The Bertz CT molecular complexity index is 823. The third-order valence-corrected chi connectivity index (χ3v) is 4.51. The number of rotatable bonds is 4. The molecular weight excluding hydrogens is 300 g/mol. The number of nitrogens with zero attached hydrogens (tertiary/aromatic N) is 2. The number of allylic oxidation sites excluding steroid dienone is 2. The molecular formula is C20H22N2O2. The number of hydrogen-bond acceptors (Lipinski definition) is 3. The number of anilines is 1. The van der Waals surface area contributed by atoms with Gasteiger partial charge in [-0.25, -0.2) is 4.79 Å². The van der Waals surface area contributed by atoms with Crippen molar-refractivity contribution in [1.82, 2.24) is 0 Å². The Hall–Kier alpha value is -2.62. The lowest BCUT2D eigenvalue weighted by molar-refractivity contribution is 0.179. The minimum atomic E-state index is -0.342. The lowest BCUT2D eigenvalue weighted by Crippen LogP contribution is -2.30. The van der Waals surface area contributed by atoms with Crippen molar-refractivity contribution in [3.63, 3.8) is 0 Å². The average Bonchev–Trinajstić information content (AvgIpc) is 3.15. The smallest absolute Gasteiger partial charge is 0.413 e. The van der Waals surface area contributed by atoms with Crippen molar-refractivity contribution in [2.45, 2.75) is 26.2 Å². The quantitative estimate of drug-likeness (QED) is 0.804. The monoisotopic (exact) mass is 322 g/mol. The van der Waals surface area contributed by atoms with E-state index in [4.69, 9.17) is 4.74 Å². The van der Waals surface area contributed by atoms with Crippen molar-refractivity contribution in [3.8, 4) is 0 Å². The molecule has 0 N–H and O–H groups in total. The SMILES string of the molecule is CCN(C(=O)OC)c1ccc2cccc(C(C)C3=CCC=N3)c2c1. The number of amides is 1. The van der Waals surface area contributed by atoms with E-state index in [1.807, 2.05) is 19.2 Å². The summed E-state index contributed by atoms with van der Waals surface area (Å²) in [5.74, 6) is 0.218. The zero-order valence-electron chi connectivity index (χ0n) is 14.3. The van der Waals surface area contributed by atoms with Crippen LogP contribution in [-0.2, 0) is 4.74 Å². The van der Waals surface area contributed by atoms with E-state index in [1.54, 1.807) is 4.90 Å². The maximum atomic E-state index is 12.0. The summed E-state index contributed by atoms with van der Waals surface area (Å²) in [5.41, 5.74) is 3.18. The molecule has 4 heteroatoms. The fourth-order valence-electron chi connectivity index (χ4n) is 3.19. The van der Waals surface area contributed by atoms with Crippen molar-refractivity contribution < 1.29 is 9.53 Å². The molecule has 0 bridgehead atoms. The molecule has 0 aliphatic carbocycles. The van der Waals surface area contributed by atoms with Crippen LogP contribution in [0.15, 0.2) is 53.2 Å². The van der Waals surface area contributed by atoms with E-state index in [0.29, 0.717) is 6.54 Å². The minimum absolute atomic E-state index is 0.218. The van der Waals surface area contributed by atoms with E-state index >= 15 is 0 Å². The molecule has 24 heavy (non-hydrogen) atoms. The van der Waals surface area contributed by atoms with Gasteiger partial charge in [0.15, 0.2) is 0 Å². The molecule has 1 unspecified atom stereocenters. The molecule has 0 radical (unpaired) electrons. The van der Waals surface area contributed by atoms with Crippen molar-refractivity contribution >= 4 is 28.8 Å². The maximum absolute atomic E-state index is 12.0. The highest BCUT2D eigenvalue weighted by atomic mass is 16.5. The van der Waals surface area contributed by atoms with Crippen molar-refractivity contribution in [2.75, 3.05) is 18.6 Å². The first-order valence-corrected chi connectivity index (χ1v) is 8.26. The van der Waals surface area contributed by atoms with Gasteiger partial charge in [0.05, 0.1) is 7.11 Å². The van der Waals surface area contributed by atoms with Crippen molar-refractivity contribution in [3.05, 3.63) is 53.7 Å². The van der Waals surface area contributed by atoms with Gasteiger partial charge >= 0.3 is 6.09 Å². The topological polar surface area (TPSA) is 41.9 Å². The number of aliphatic imine (C=N–C) groups is 1. The second-order valence-corrected chi connectivity index (χ2v) is 5.87. The predicted octanol–water partition coefficient (Wildman–Crippen LogP) is 4.89. The molecule has 1 heterocycles. The molecule has 124 valence electrons. The summed E-state index contributed by atoms with van der Waals surface area (Å²) >= 11 is 0. The van der Waals surface area contributed by atoms with Crippen LogP contribution in [-0.4, -0.2) is 26.0 Å². The highest BCUT2D eigenvalue weighted by Crippen LogP contribution is 2.34. The summed E-state index contributed by atoms with van der Waals surface area (Å²) < 4.78 is 4.89. The molecule has 0 fully saturated rings. The van der Waals surface area contributed by atoms with E-state index in [-0.39, 0.29) is 12.0 Å². The van der Waals surface area contributed by atoms with E-state index in [0.717, 1.165) is 28.6 Å². The highest BCUT2D eigenvalue weighted by Gasteiger charge is 2.18. The van der Waals surface area contributed by atoms with Crippen molar-refractivity contribution in [2.24, 2.45) is 4.99 Å². The number of fused-ring (bicyclic) bond motifs is 1. The van der Waals surface area contributed by atoms with E-state index in [9.17, 15) is 4.79 Å². The maximum Gasteiger partial charge on any atom is 0.413 e. The Morgan fingerprint density at radius 3 is 2.83 bits per heavy atom. The van der Waals surface area contributed by atoms with Crippen LogP contribution in [0, 0.1) is 0 Å². The molecule has 3 rings (SSSR count). The normalized spacial score (nSPS) is 14.5. The van der Waals surface area contributed by atoms with Crippen molar-refractivity contribution in [1.29, 1.82) is 0 Å². The first-order chi connectivity index (χ1) is 11.7. The molecule has 0 saturated heterocycles. The van der Waals surface area contributed by atoms with Crippen LogP contribution in [0.5, 0.6) is 0 Å². The van der Waals surface area contributed by atoms with Gasteiger partial charge < -0.3 is 4.74 Å². The standard InChI is InChI=1S/C20H22N2O2/c1-4-22(20(23)24-3)16-11-10-15-7-5-8-17(18(15)13-16)14(2)19-9-6-12-21-19/h5,7-14H,4,6H2,1-3H3. The molecule has 0 aromatic heterocycles. The van der Waals surface area contributed by atoms with Crippen LogP contribution in [0.2, 0.25) is 0 Å². The Balaban J connectivity index is 2.09. The summed E-state index contributed by atoms with van der Waals surface area (Å²) in [6.45, 7) is 4.67. The second-order valence-electron chi connectivity index (χ2n) is 5.87. The molecule has 0 spiro atoms. The highest BCUT2D eigenvalue weighted by molar-refractivity contribution is 5.94. The second kappa shape index (κ2) is 6.87. The van der Waals surface area contributed by atoms with Crippen LogP contribution in [0.25, 0.3) is 10.8 Å². The zero-order chi connectivity index (χ0) is 17.1. The Morgan fingerprint density at radius 1 is 1.33 bits per heavy atom. The summed E-state index contributed by atoms with van der Waals surface area (Å²) in [4.78, 5) is 18.1. The molecule has 2 aromatic rings. The molecule has 1 amide bonds. The first-order valence-electron chi connectivity index (χ1n) is 8.26. The number of carbonyl (C=O) groups excluding carboxylic acids is 1. The van der Waals surface area contributed by atoms with Crippen LogP contribution in [0.3, 0.4) is 0 Å². The van der Waals surface area contributed by atoms with Gasteiger partial charge in [0.1, 0.15) is 0 Å². The Kier molecular flexibility index (Phi) is 4.65. The summed E-state index contributed by atoms with van der Waals surface area (Å²) in [6, 6.07) is 12.4. The summed E-state index contributed by atoms with van der Waals surface area (Å²) in [6.07, 6.45) is 4.67. The van der Waals surface area contributed by atoms with Crippen LogP contribution in [0.4, 0.5) is 10.5 Å².